The molecule has 0 spiro atoms. The van der Waals surface area contributed by atoms with Gasteiger partial charge in [0.1, 0.15) is 6.61 Å². The van der Waals surface area contributed by atoms with E-state index in [2.05, 4.69) is 74.6 Å². The van der Waals surface area contributed by atoms with Crippen molar-refractivity contribution in [1.29, 1.82) is 0 Å². The zero-order valence-electron chi connectivity index (χ0n) is 40.1. The highest BCUT2D eigenvalue weighted by Gasteiger charge is 2.31. The average Bonchev–Trinajstić information content (AvgIpc) is 3.22. The molecule has 8 nitrogen and oxygen atoms in total. The molecule has 2 unspecified atom stereocenters. The Morgan fingerprint density at radius 3 is 1.38 bits per heavy atom. The standard InChI is InChI=1S/C53H93NO7/c1-6-8-10-12-14-16-18-20-22-23-24-25-26-27-28-30-31-33-35-37-39-41-43-51(55)60-48-49(47-59-46-45-50(53(57)58)54(3,4)5)61-52(56)44-42-40-38-36-34-32-29-21-19-17-15-13-11-9-7-2/h8,10,14,16-17,19-20,22,24-25,49-50H,6-7,9,11-13,15,18,21,23,26-48H2,1-5H3/p+1/b10-8+,16-14+,19-17+,22-20+,25-24+. The van der Waals surface area contributed by atoms with Crippen molar-refractivity contribution in [3.8, 4) is 0 Å². The molecule has 0 heterocycles. The highest BCUT2D eigenvalue weighted by Crippen LogP contribution is 2.15. The topological polar surface area (TPSA) is 99.1 Å². The van der Waals surface area contributed by atoms with Crippen molar-refractivity contribution in [2.45, 2.75) is 219 Å². The monoisotopic (exact) mass is 857 g/mol. The second-order valence-corrected chi connectivity index (χ2v) is 17.7. The lowest BCUT2D eigenvalue weighted by atomic mass is 10.1. The van der Waals surface area contributed by atoms with E-state index in [9.17, 15) is 19.5 Å². The third kappa shape index (κ3) is 42.1. The van der Waals surface area contributed by atoms with Crippen molar-refractivity contribution in [2.75, 3.05) is 41.0 Å². The predicted molar refractivity (Wildman–Crippen MR) is 257 cm³/mol. The summed E-state index contributed by atoms with van der Waals surface area (Å²) in [5.74, 6) is -1.48. The molecule has 8 heteroatoms. The molecule has 0 aromatic heterocycles. The van der Waals surface area contributed by atoms with E-state index in [1.807, 2.05) is 21.1 Å². The van der Waals surface area contributed by atoms with Gasteiger partial charge in [-0.3, -0.25) is 9.59 Å². The fourth-order valence-corrected chi connectivity index (χ4v) is 7.08. The normalized spacial score (nSPS) is 13.4. The maximum absolute atomic E-state index is 12.8. The Balaban J connectivity index is 4.25. The van der Waals surface area contributed by atoms with E-state index in [1.54, 1.807) is 0 Å². The first-order valence-corrected chi connectivity index (χ1v) is 24.8. The molecule has 0 aliphatic heterocycles. The zero-order valence-corrected chi connectivity index (χ0v) is 40.1. The quantitative estimate of drug-likeness (QED) is 0.0282. The second-order valence-electron chi connectivity index (χ2n) is 17.7. The Morgan fingerprint density at radius 2 is 0.918 bits per heavy atom. The lowest BCUT2D eigenvalue weighted by Gasteiger charge is -2.31. The van der Waals surface area contributed by atoms with Crippen molar-refractivity contribution in [3.63, 3.8) is 0 Å². The molecular formula is C53H94NO7+. The summed E-state index contributed by atoms with van der Waals surface area (Å²) in [7, 11) is 5.53. The van der Waals surface area contributed by atoms with Gasteiger partial charge in [0.25, 0.3) is 0 Å². The van der Waals surface area contributed by atoms with Gasteiger partial charge in [-0.2, -0.15) is 0 Å². The highest BCUT2D eigenvalue weighted by atomic mass is 16.6. The fourth-order valence-electron chi connectivity index (χ4n) is 7.08. The molecule has 0 aliphatic carbocycles. The van der Waals surface area contributed by atoms with Gasteiger partial charge >= 0.3 is 17.9 Å². The van der Waals surface area contributed by atoms with Crippen LogP contribution in [0, 0.1) is 0 Å². The number of esters is 2. The van der Waals surface area contributed by atoms with Crippen molar-refractivity contribution >= 4 is 17.9 Å². The molecule has 0 saturated carbocycles. The number of carboxylic acids is 1. The summed E-state index contributed by atoms with van der Waals surface area (Å²) in [6, 6.07) is -0.618. The van der Waals surface area contributed by atoms with E-state index in [0.29, 0.717) is 19.3 Å². The molecule has 0 radical (unpaired) electrons. The van der Waals surface area contributed by atoms with Crippen LogP contribution < -0.4 is 0 Å². The van der Waals surface area contributed by atoms with Crippen LogP contribution in [0.4, 0.5) is 0 Å². The van der Waals surface area contributed by atoms with E-state index in [-0.39, 0.29) is 36.2 Å². The van der Waals surface area contributed by atoms with E-state index in [4.69, 9.17) is 14.2 Å². The van der Waals surface area contributed by atoms with Crippen molar-refractivity contribution in [1.82, 2.24) is 0 Å². The number of likely N-dealkylation sites (N-methyl/N-ethyl adjacent to an activating group) is 1. The first-order chi connectivity index (χ1) is 29.6. The van der Waals surface area contributed by atoms with Gasteiger partial charge in [-0.05, 0) is 77.0 Å². The Bertz CT molecular complexity index is 1180. The Kier molecular flexibility index (Phi) is 41.5. The Labute approximate surface area is 375 Å². The predicted octanol–water partition coefficient (Wildman–Crippen LogP) is 14.1. The lowest BCUT2D eigenvalue weighted by Crippen LogP contribution is -2.50. The van der Waals surface area contributed by atoms with Gasteiger partial charge in [0.2, 0.25) is 0 Å². The number of carbonyl (C=O) groups is 3. The van der Waals surface area contributed by atoms with Crippen LogP contribution in [-0.4, -0.2) is 80.6 Å². The van der Waals surface area contributed by atoms with Gasteiger partial charge in [-0.25, -0.2) is 4.79 Å². The van der Waals surface area contributed by atoms with Crippen LogP contribution in [0.15, 0.2) is 60.8 Å². The van der Waals surface area contributed by atoms with Crippen LogP contribution in [0.2, 0.25) is 0 Å². The zero-order chi connectivity index (χ0) is 44.9. The molecule has 0 aliphatic rings. The van der Waals surface area contributed by atoms with Gasteiger partial charge in [0.05, 0.1) is 34.4 Å². The summed E-state index contributed by atoms with van der Waals surface area (Å²) in [6.45, 7) is 4.61. The van der Waals surface area contributed by atoms with Gasteiger partial charge in [-0.1, -0.05) is 171 Å². The number of quaternary nitrogens is 1. The molecule has 61 heavy (non-hydrogen) atoms. The maximum Gasteiger partial charge on any atom is 0.362 e. The number of ether oxygens (including phenoxy) is 3. The number of nitrogens with zero attached hydrogens (tertiary/aromatic N) is 1. The molecular weight excluding hydrogens is 763 g/mol. The number of hydrogen-bond acceptors (Lipinski definition) is 6. The first kappa shape index (κ1) is 58.0. The molecule has 0 rings (SSSR count). The number of allylic oxidation sites excluding steroid dienone is 10. The van der Waals surface area contributed by atoms with Crippen molar-refractivity contribution in [3.05, 3.63) is 60.8 Å². The molecule has 352 valence electrons. The third-order valence-electron chi connectivity index (χ3n) is 10.9. The minimum atomic E-state index is -0.877. The number of rotatable bonds is 44. The molecule has 2 atom stereocenters. The smallest absolute Gasteiger partial charge is 0.362 e. The van der Waals surface area contributed by atoms with Crippen LogP contribution >= 0.6 is 0 Å². The van der Waals surface area contributed by atoms with Crippen LogP contribution in [0.5, 0.6) is 0 Å². The number of hydrogen-bond donors (Lipinski definition) is 1. The van der Waals surface area contributed by atoms with E-state index >= 15 is 0 Å². The number of carboxylic acid groups (broad SMARTS) is 1. The minimum absolute atomic E-state index is 0.0565. The number of aliphatic carboxylic acids is 1. The number of unbranched alkanes of at least 4 members (excludes halogenated alkanes) is 20. The van der Waals surface area contributed by atoms with Gasteiger partial charge in [0, 0.05) is 19.3 Å². The summed E-state index contributed by atoms with van der Waals surface area (Å²) in [6.07, 6.45) is 54.0. The van der Waals surface area contributed by atoms with Crippen LogP contribution in [0.25, 0.3) is 0 Å². The fraction of sp³-hybridized carbons (Fsp3) is 0.755. The summed E-state index contributed by atoms with van der Waals surface area (Å²) < 4.78 is 17.3. The SMILES string of the molecule is CC/C=C/C/C=C/C/C=C/C/C=C/CCCCCCCCCCCC(=O)OCC(COCCC(C(=O)O)[N+](C)(C)C)OC(=O)CCCCCCCCC/C=C/CCCCCC. The molecule has 1 N–H and O–H groups in total. The van der Waals surface area contributed by atoms with Crippen molar-refractivity contribution in [2.24, 2.45) is 0 Å². The molecule has 0 fully saturated rings. The summed E-state index contributed by atoms with van der Waals surface area (Å²) in [5.41, 5.74) is 0. The van der Waals surface area contributed by atoms with Crippen molar-refractivity contribution < 1.29 is 38.2 Å². The highest BCUT2D eigenvalue weighted by molar-refractivity contribution is 5.72. The lowest BCUT2D eigenvalue weighted by molar-refractivity contribution is -0.887. The Morgan fingerprint density at radius 1 is 0.508 bits per heavy atom. The largest absolute Gasteiger partial charge is 0.477 e. The molecule has 0 aromatic rings. The van der Waals surface area contributed by atoms with Crippen LogP contribution in [0.1, 0.15) is 206 Å². The van der Waals surface area contributed by atoms with Crippen LogP contribution in [-0.2, 0) is 28.6 Å². The van der Waals surface area contributed by atoms with Gasteiger partial charge < -0.3 is 23.8 Å². The minimum Gasteiger partial charge on any atom is -0.477 e. The molecule has 0 aromatic carbocycles. The molecule has 0 bridgehead atoms. The summed E-state index contributed by atoms with van der Waals surface area (Å²) >= 11 is 0. The molecule has 0 amide bonds. The average molecular weight is 857 g/mol. The third-order valence-corrected chi connectivity index (χ3v) is 10.9. The van der Waals surface area contributed by atoms with E-state index in [1.165, 1.54) is 103 Å². The van der Waals surface area contributed by atoms with E-state index < -0.39 is 18.1 Å². The first-order valence-electron chi connectivity index (χ1n) is 24.8. The Hall–Kier alpha value is -2.97. The maximum atomic E-state index is 12.8. The van der Waals surface area contributed by atoms with Gasteiger partial charge in [-0.15, -0.1) is 0 Å². The van der Waals surface area contributed by atoms with Crippen LogP contribution in [0.3, 0.4) is 0 Å². The second kappa shape index (κ2) is 43.7. The summed E-state index contributed by atoms with van der Waals surface area (Å²) in [4.78, 5) is 37.1. The number of carbonyl (C=O) groups excluding carboxylic acids is 2. The van der Waals surface area contributed by atoms with E-state index in [0.717, 1.165) is 70.6 Å². The summed E-state index contributed by atoms with van der Waals surface area (Å²) in [5, 5.41) is 9.64. The molecule has 0 saturated heterocycles. The van der Waals surface area contributed by atoms with Gasteiger partial charge in [0.15, 0.2) is 12.1 Å².